The monoisotopic (exact) mass is 337 g/mol. The van der Waals surface area contributed by atoms with Crippen molar-refractivity contribution >= 4 is 27.6 Å². The lowest BCUT2D eigenvalue weighted by Crippen LogP contribution is -2.46. The Balaban J connectivity index is 2.34. The molecular weight excluding hydrogens is 318 g/mol. The van der Waals surface area contributed by atoms with E-state index in [1.807, 2.05) is 31.2 Å². The Morgan fingerprint density at radius 1 is 1.40 bits per heavy atom. The highest BCUT2D eigenvalue weighted by Crippen LogP contribution is 2.30. The van der Waals surface area contributed by atoms with Gasteiger partial charge in [-0.3, -0.25) is 0 Å². The first kappa shape index (κ1) is 15.1. The molecule has 0 bridgehead atoms. The van der Waals surface area contributed by atoms with Gasteiger partial charge in [0.25, 0.3) is 0 Å². The molecule has 1 aliphatic heterocycles. The maximum absolute atomic E-state index is 12.2. The van der Waals surface area contributed by atoms with Crippen LogP contribution in [0.15, 0.2) is 39.9 Å². The largest absolute Gasteiger partial charge is 0.464 e. The van der Waals surface area contributed by atoms with E-state index in [0.717, 1.165) is 23.1 Å². The molecule has 0 radical (unpaired) electrons. The van der Waals surface area contributed by atoms with Gasteiger partial charge in [0.15, 0.2) is 0 Å². The molecule has 0 aliphatic carbocycles. The molecule has 2 rings (SSSR count). The van der Waals surface area contributed by atoms with Crippen LogP contribution in [0.3, 0.4) is 0 Å². The third-order valence-corrected chi connectivity index (χ3v) is 4.20. The number of halogens is 1. The van der Waals surface area contributed by atoms with Crippen LogP contribution in [0, 0.1) is 0 Å². The van der Waals surface area contributed by atoms with Crippen LogP contribution < -0.4 is 4.90 Å². The molecule has 1 aliphatic rings. The summed E-state index contributed by atoms with van der Waals surface area (Å²) in [5.74, 6) is -0.140. The number of ether oxygens (including phenoxy) is 1. The van der Waals surface area contributed by atoms with E-state index in [0.29, 0.717) is 6.61 Å². The standard InChI is InChI=1S/C16H20BrNO2/c1-4-20-16(19)15-8-11(2)12(3)10-18(15)14-7-5-6-13(17)9-14/h5-7,9,15H,4,8,10H2,1-3H3/t15-/m0/s1. The fourth-order valence-corrected chi connectivity index (χ4v) is 2.84. The molecular formula is C16H20BrNO2. The first-order chi connectivity index (χ1) is 9.52. The Bertz CT molecular complexity index is 539. The van der Waals surface area contributed by atoms with Gasteiger partial charge in [0.2, 0.25) is 0 Å². The summed E-state index contributed by atoms with van der Waals surface area (Å²) in [6.07, 6.45) is 0.733. The highest BCUT2D eigenvalue weighted by atomic mass is 79.9. The fourth-order valence-electron chi connectivity index (χ4n) is 2.45. The van der Waals surface area contributed by atoms with Gasteiger partial charge in [-0.25, -0.2) is 4.79 Å². The van der Waals surface area contributed by atoms with Crippen molar-refractivity contribution in [1.82, 2.24) is 0 Å². The smallest absolute Gasteiger partial charge is 0.329 e. The van der Waals surface area contributed by atoms with E-state index in [2.05, 4.69) is 34.7 Å². The van der Waals surface area contributed by atoms with Gasteiger partial charge in [0, 0.05) is 16.7 Å². The van der Waals surface area contributed by atoms with Gasteiger partial charge in [0.05, 0.1) is 6.61 Å². The van der Waals surface area contributed by atoms with Crippen molar-refractivity contribution in [2.24, 2.45) is 0 Å². The predicted octanol–water partition coefficient (Wildman–Crippen LogP) is 3.93. The zero-order valence-electron chi connectivity index (χ0n) is 12.1. The molecule has 1 heterocycles. The molecule has 0 spiro atoms. The van der Waals surface area contributed by atoms with Crippen LogP contribution in [0.25, 0.3) is 0 Å². The lowest BCUT2D eigenvalue weighted by Gasteiger charge is -2.37. The van der Waals surface area contributed by atoms with Crippen molar-refractivity contribution in [3.8, 4) is 0 Å². The number of rotatable bonds is 3. The summed E-state index contributed by atoms with van der Waals surface area (Å²) in [5, 5.41) is 0. The molecule has 3 nitrogen and oxygen atoms in total. The molecule has 0 amide bonds. The van der Waals surface area contributed by atoms with E-state index in [-0.39, 0.29) is 12.0 Å². The van der Waals surface area contributed by atoms with E-state index in [1.54, 1.807) is 0 Å². The van der Waals surface area contributed by atoms with Crippen molar-refractivity contribution in [1.29, 1.82) is 0 Å². The Hall–Kier alpha value is -1.29. The van der Waals surface area contributed by atoms with Crippen LogP contribution in [-0.4, -0.2) is 25.2 Å². The minimum Gasteiger partial charge on any atom is -0.464 e. The van der Waals surface area contributed by atoms with E-state index >= 15 is 0 Å². The normalized spacial score (nSPS) is 19.2. The Labute approximate surface area is 128 Å². The summed E-state index contributed by atoms with van der Waals surface area (Å²) in [6.45, 7) is 7.26. The molecule has 0 N–H and O–H groups in total. The van der Waals surface area contributed by atoms with Gasteiger partial charge in [0.1, 0.15) is 6.04 Å². The summed E-state index contributed by atoms with van der Waals surface area (Å²) < 4.78 is 6.25. The molecule has 108 valence electrons. The summed E-state index contributed by atoms with van der Waals surface area (Å²) in [5.41, 5.74) is 3.66. The Morgan fingerprint density at radius 2 is 2.15 bits per heavy atom. The van der Waals surface area contributed by atoms with Crippen LogP contribution >= 0.6 is 15.9 Å². The summed E-state index contributed by atoms with van der Waals surface area (Å²) in [7, 11) is 0. The zero-order chi connectivity index (χ0) is 14.7. The quantitative estimate of drug-likeness (QED) is 0.618. The number of carbonyl (C=O) groups is 1. The van der Waals surface area contributed by atoms with Crippen LogP contribution in [0.1, 0.15) is 27.2 Å². The number of nitrogens with zero attached hydrogens (tertiary/aromatic N) is 1. The summed E-state index contributed by atoms with van der Waals surface area (Å²) in [6, 6.07) is 7.82. The van der Waals surface area contributed by atoms with Crippen LogP contribution in [0.4, 0.5) is 5.69 Å². The second kappa shape index (κ2) is 6.44. The van der Waals surface area contributed by atoms with Gasteiger partial charge < -0.3 is 9.64 Å². The number of carbonyl (C=O) groups excluding carboxylic acids is 1. The van der Waals surface area contributed by atoms with E-state index in [4.69, 9.17) is 4.74 Å². The molecule has 0 saturated carbocycles. The van der Waals surface area contributed by atoms with Crippen molar-refractivity contribution in [2.45, 2.75) is 33.2 Å². The average Bonchev–Trinajstić information content (AvgIpc) is 2.41. The Morgan fingerprint density at radius 3 is 2.80 bits per heavy atom. The second-order valence-corrected chi connectivity index (χ2v) is 6.06. The molecule has 0 unspecified atom stereocenters. The third kappa shape index (κ3) is 3.23. The number of esters is 1. The van der Waals surface area contributed by atoms with Gasteiger partial charge in [-0.2, -0.15) is 0 Å². The number of hydrogen-bond donors (Lipinski definition) is 0. The van der Waals surface area contributed by atoms with Crippen molar-refractivity contribution in [3.05, 3.63) is 39.9 Å². The SMILES string of the molecule is CCOC(=O)[C@@H]1CC(C)=C(C)CN1c1cccc(Br)c1. The zero-order valence-corrected chi connectivity index (χ0v) is 13.7. The number of hydrogen-bond acceptors (Lipinski definition) is 3. The van der Waals surface area contributed by atoms with Gasteiger partial charge in [-0.15, -0.1) is 0 Å². The molecule has 0 saturated heterocycles. The third-order valence-electron chi connectivity index (χ3n) is 3.71. The van der Waals surface area contributed by atoms with Crippen LogP contribution in [0.5, 0.6) is 0 Å². The maximum Gasteiger partial charge on any atom is 0.329 e. The first-order valence-electron chi connectivity index (χ1n) is 6.87. The topological polar surface area (TPSA) is 29.5 Å². The van der Waals surface area contributed by atoms with Gasteiger partial charge in [-0.1, -0.05) is 33.1 Å². The van der Waals surface area contributed by atoms with Crippen LogP contribution in [-0.2, 0) is 9.53 Å². The molecule has 1 aromatic carbocycles. The molecule has 0 fully saturated rings. The van der Waals surface area contributed by atoms with Gasteiger partial charge >= 0.3 is 5.97 Å². The molecule has 1 aromatic rings. The van der Waals surface area contributed by atoms with E-state index < -0.39 is 0 Å². The van der Waals surface area contributed by atoms with E-state index in [1.165, 1.54) is 11.1 Å². The highest BCUT2D eigenvalue weighted by Gasteiger charge is 2.31. The molecule has 4 heteroatoms. The minimum absolute atomic E-state index is 0.140. The van der Waals surface area contributed by atoms with Crippen molar-refractivity contribution in [2.75, 3.05) is 18.1 Å². The first-order valence-corrected chi connectivity index (χ1v) is 7.66. The Kier molecular flexibility index (Phi) is 4.86. The highest BCUT2D eigenvalue weighted by molar-refractivity contribution is 9.10. The minimum atomic E-state index is -0.229. The number of benzene rings is 1. The predicted molar refractivity (Wildman–Crippen MR) is 84.9 cm³/mol. The maximum atomic E-state index is 12.2. The fraction of sp³-hybridized carbons (Fsp3) is 0.438. The summed E-state index contributed by atoms with van der Waals surface area (Å²) >= 11 is 3.49. The second-order valence-electron chi connectivity index (χ2n) is 5.14. The van der Waals surface area contributed by atoms with E-state index in [9.17, 15) is 4.79 Å². The van der Waals surface area contributed by atoms with Crippen molar-refractivity contribution in [3.63, 3.8) is 0 Å². The lowest BCUT2D eigenvalue weighted by atomic mass is 9.95. The molecule has 0 aromatic heterocycles. The lowest BCUT2D eigenvalue weighted by molar-refractivity contribution is -0.144. The molecule has 1 atom stereocenters. The molecule has 20 heavy (non-hydrogen) atoms. The summed E-state index contributed by atoms with van der Waals surface area (Å²) in [4.78, 5) is 14.4. The number of anilines is 1. The van der Waals surface area contributed by atoms with Crippen molar-refractivity contribution < 1.29 is 9.53 Å². The van der Waals surface area contributed by atoms with Crippen LogP contribution in [0.2, 0.25) is 0 Å². The average molecular weight is 338 g/mol. The van der Waals surface area contributed by atoms with Gasteiger partial charge in [-0.05, 0) is 45.4 Å².